The first-order valence-corrected chi connectivity index (χ1v) is 4.76. The van der Waals surface area contributed by atoms with Crippen LogP contribution < -0.4 is 5.73 Å². The second kappa shape index (κ2) is 7.65. The highest BCUT2D eigenvalue weighted by Crippen LogP contribution is 2.04. The number of aliphatic hydroxyl groups is 1. The van der Waals surface area contributed by atoms with Gasteiger partial charge in [0.1, 0.15) is 0 Å². The van der Waals surface area contributed by atoms with Gasteiger partial charge < -0.3 is 15.6 Å². The first-order chi connectivity index (χ1) is 6.74. The van der Waals surface area contributed by atoms with E-state index in [1.165, 1.54) is 0 Å². The molecule has 0 aromatic heterocycles. The van der Waals surface area contributed by atoms with Gasteiger partial charge in [-0.2, -0.15) is 0 Å². The molecule has 4 heteroatoms. The van der Waals surface area contributed by atoms with Gasteiger partial charge in [-0.15, -0.1) is 12.4 Å². The van der Waals surface area contributed by atoms with Crippen LogP contribution in [0.25, 0.3) is 0 Å². The molecule has 0 aliphatic heterocycles. The monoisotopic (exact) mass is 231 g/mol. The summed E-state index contributed by atoms with van der Waals surface area (Å²) in [6.07, 6.45) is -0.125. The molecule has 1 aromatic carbocycles. The summed E-state index contributed by atoms with van der Waals surface area (Å²) < 4.78 is 5.50. The standard InChI is InChI=1S/C11H17NO2.ClH/c1-9(11(12)7-13)14-8-10-5-3-2-4-6-10;/h2-6,9,11,13H,7-8,12H2,1H3;1H. The molecule has 15 heavy (non-hydrogen) atoms. The molecule has 1 aromatic rings. The van der Waals surface area contributed by atoms with Crippen molar-refractivity contribution in [3.05, 3.63) is 35.9 Å². The number of rotatable bonds is 5. The maximum atomic E-state index is 8.80. The number of aliphatic hydroxyl groups excluding tert-OH is 1. The van der Waals surface area contributed by atoms with Gasteiger partial charge in [0.25, 0.3) is 0 Å². The average Bonchev–Trinajstić information content (AvgIpc) is 2.26. The van der Waals surface area contributed by atoms with Crippen molar-refractivity contribution in [2.24, 2.45) is 5.73 Å². The maximum absolute atomic E-state index is 8.80. The highest BCUT2D eigenvalue weighted by molar-refractivity contribution is 5.85. The van der Waals surface area contributed by atoms with Gasteiger partial charge in [-0.25, -0.2) is 0 Å². The summed E-state index contributed by atoms with van der Waals surface area (Å²) in [5.74, 6) is 0. The van der Waals surface area contributed by atoms with Gasteiger partial charge in [-0.05, 0) is 12.5 Å². The third kappa shape index (κ3) is 5.14. The molecule has 0 bridgehead atoms. The van der Waals surface area contributed by atoms with Gasteiger partial charge in [0, 0.05) is 0 Å². The Morgan fingerprint density at radius 1 is 1.33 bits per heavy atom. The molecule has 0 amide bonds. The Hall–Kier alpha value is -0.610. The Morgan fingerprint density at radius 2 is 1.93 bits per heavy atom. The van der Waals surface area contributed by atoms with E-state index in [9.17, 15) is 0 Å². The van der Waals surface area contributed by atoms with E-state index in [1.54, 1.807) is 0 Å². The van der Waals surface area contributed by atoms with Crippen LogP contribution in [0.3, 0.4) is 0 Å². The van der Waals surface area contributed by atoms with E-state index >= 15 is 0 Å². The molecule has 3 nitrogen and oxygen atoms in total. The number of nitrogens with two attached hydrogens (primary N) is 1. The second-order valence-electron chi connectivity index (χ2n) is 3.35. The van der Waals surface area contributed by atoms with Crippen LogP contribution in [-0.2, 0) is 11.3 Å². The lowest BCUT2D eigenvalue weighted by Gasteiger charge is -2.18. The van der Waals surface area contributed by atoms with Gasteiger partial charge in [-0.1, -0.05) is 30.3 Å². The Morgan fingerprint density at radius 3 is 2.47 bits per heavy atom. The van der Waals surface area contributed by atoms with Crippen LogP contribution in [0.1, 0.15) is 12.5 Å². The molecule has 0 aliphatic carbocycles. The van der Waals surface area contributed by atoms with E-state index in [0.717, 1.165) is 5.56 Å². The van der Waals surface area contributed by atoms with Crippen molar-refractivity contribution in [2.75, 3.05) is 6.61 Å². The lowest BCUT2D eigenvalue weighted by atomic mass is 10.2. The fraction of sp³-hybridized carbons (Fsp3) is 0.455. The minimum Gasteiger partial charge on any atom is -0.395 e. The van der Waals surface area contributed by atoms with Crippen LogP contribution in [-0.4, -0.2) is 23.9 Å². The van der Waals surface area contributed by atoms with E-state index < -0.39 is 0 Å². The second-order valence-corrected chi connectivity index (χ2v) is 3.35. The SMILES string of the molecule is CC(OCc1ccccc1)C(N)CO.Cl. The van der Waals surface area contributed by atoms with E-state index in [2.05, 4.69) is 0 Å². The summed E-state index contributed by atoms with van der Waals surface area (Å²) in [5.41, 5.74) is 6.72. The molecule has 2 unspecified atom stereocenters. The van der Waals surface area contributed by atoms with Crippen LogP contribution >= 0.6 is 12.4 Å². The van der Waals surface area contributed by atoms with Crippen LogP contribution in [0.5, 0.6) is 0 Å². The van der Waals surface area contributed by atoms with Crippen molar-refractivity contribution >= 4 is 12.4 Å². The molecule has 0 aliphatic rings. The molecular formula is C11H18ClNO2. The van der Waals surface area contributed by atoms with Crippen molar-refractivity contribution < 1.29 is 9.84 Å². The molecule has 0 heterocycles. The summed E-state index contributed by atoms with van der Waals surface area (Å²) >= 11 is 0. The smallest absolute Gasteiger partial charge is 0.0724 e. The summed E-state index contributed by atoms with van der Waals surface area (Å²) in [5, 5.41) is 8.80. The van der Waals surface area contributed by atoms with Gasteiger partial charge in [0.15, 0.2) is 0 Å². The summed E-state index contributed by atoms with van der Waals surface area (Å²) in [6, 6.07) is 9.59. The summed E-state index contributed by atoms with van der Waals surface area (Å²) in [4.78, 5) is 0. The fourth-order valence-electron chi connectivity index (χ4n) is 1.07. The molecule has 0 radical (unpaired) electrons. The summed E-state index contributed by atoms with van der Waals surface area (Å²) in [6.45, 7) is 2.36. The van der Waals surface area contributed by atoms with Gasteiger partial charge in [0.05, 0.1) is 25.4 Å². The molecule has 0 saturated heterocycles. The number of benzene rings is 1. The minimum absolute atomic E-state index is 0. The zero-order valence-corrected chi connectivity index (χ0v) is 9.61. The largest absolute Gasteiger partial charge is 0.395 e. The van der Waals surface area contributed by atoms with Crippen molar-refractivity contribution in [3.8, 4) is 0 Å². The van der Waals surface area contributed by atoms with Crippen LogP contribution in [0.2, 0.25) is 0 Å². The Balaban J connectivity index is 0.00000196. The molecular weight excluding hydrogens is 214 g/mol. The number of hydrogen-bond acceptors (Lipinski definition) is 3. The highest BCUT2D eigenvalue weighted by atomic mass is 35.5. The summed E-state index contributed by atoms with van der Waals surface area (Å²) in [7, 11) is 0. The Kier molecular flexibility index (Phi) is 7.34. The van der Waals surface area contributed by atoms with E-state index in [1.807, 2.05) is 37.3 Å². The van der Waals surface area contributed by atoms with E-state index in [4.69, 9.17) is 15.6 Å². The normalized spacial score (nSPS) is 14.1. The third-order valence-electron chi connectivity index (χ3n) is 2.17. The fourth-order valence-corrected chi connectivity index (χ4v) is 1.07. The predicted molar refractivity (Wildman–Crippen MR) is 63.0 cm³/mol. The maximum Gasteiger partial charge on any atom is 0.0724 e. The van der Waals surface area contributed by atoms with Crippen LogP contribution in [0.4, 0.5) is 0 Å². The van der Waals surface area contributed by atoms with Crippen LogP contribution in [0, 0.1) is 0 Å². The Labute approximate surface area is 96.7 Å². The molecule has 86 valence electrons. The van der Waals surface area contributed by atoms with Crippen molar-refractivity contribution in [1.82, 2.24) is 0 Å². The lowest BCUT2D eigenvalue weighted by Crippen LogP contribution is -2.37. The molecule has 0 saturated carbocycles. The zero-order valence-electron chi connectivity index (χ0n) is 8.80. The van der Waals surface area contributed by atoms with Crippen molar-refractivity contribution in [2.45, 2.75) is 25.7 Å². The molecule has 0 spiro atoms. The quantitative estimate of drug-likeness (QED) is 0.804. The van der Waals surface area contributed by atoms with Gasteiger partial charge in [0.2, 0.25) is 0 Å². The van der Waals surface area contributed by atoms with E-state index in [0.29, 0.717) is 6.61 Å². The molecule has 1 rings (SSSR count). The molecule has 2 atom stereocenters. The minimum atomic E-state index is -0.307. The topological polar surface area (TPSA) is 55.5 Å². The first kappa shape index (κ1) is 14.4. The van der Waals surface area contributed by atoms with Gasteiger partial charge in [-0.3, -0.25) is 0 Å². The van der Waals surface area contributed by atoms with Crippen LogP contribution in [0.15, 0.2) is 30.3 Å². The van der Waals surface area contributed by atoms with Gasteiger partial charge >= 0.3 is 0 Å². The lowest BCUT2D eigenvalue weighted by molar-refractivity contribution is 0.0224. The molecule has 3 N–H and O–H groups in total. The van der Waals surface area contributed by atoms with Crippen molar-refractivity contribution in [3.63, 3.8) is 0 Å². The third-order valence-corrected chi connectivity index (χ3v) is 2.17. The Bertz CT molecular complexity index is 256. The number of hydrogen-bond donors (Lipinski definition) is 2. The number of halogens is 1. The molecule has 0 fully saturated rings. The highest BCUT2D eigenvalue weighted by Gasteiger charge is 2.11. The predicted octanol–water partition coefficient (Wildman–Crippen LogP) is 1.33. The van der Waals surface area contributed by atoms with Crippen molar-refractivity contribution in [1.29, 1.82) is 0 Å². The van der Waals surface area contributed by atoms with E-state index in [-0.39, 0.29) is 31.2 Å². The zero-order chi connectivity index (χ0) is 10.4. The number of ether oxygens (including phenoxy) is 1. The average molecular weight is 232 g/mol. The first-order valence-electron chi connectivity index (χ1n) is 4.76.